The molecule has 2 aromatic heterocycles. The molecule has 0 unspecified atom stereocenters. The van der Waals surface area contributed by atoms with E-state index >= 15 is 0 Å². The molecule has 0 aliphatic carbocycles. The largest absolute Gasteiger partial charge is 0.394 e. The number of rotatable bonds is 7. The second-order valence-electron chi connectivity index (χ2n) is 6.19. The molecule has 0 aliphatic heterocycles. The summed E-state index contributed by atoms with van der Waals surface area (Å²) in [6.07, 6.45) is 1.74. The number of anilines is 2. The summed E-state index contributed by atoms with van der Waals surface area (Å²) in [6, 6.07) is 15.7. The molecule has 3 aromatic rings. The van der Waals surface area contributed by atoms with Crippen molar-refractivity contribution in [2.75, 3.05) is 17.2 Å². The second kappa shape index (κ2) is 8.40. The molecule has 0 saturated carbocycles. The SMILES string of the molecule is Cc1ccccc1CNc1cc(-c2ccccn2)nc(N[C@H](C)CO)n1. The van der Waals surface area contributed by atoms with Gasteiger partial charge in [-0.2, -0.15) is 4.98 Å². The molecule has 2 heterocycles. The minimum absolute atomic E-state index is 0.00312. The van der Waals surface area contributed by atoms with Crippen molar-refractivity contribution in [1.29, 1.82) is 0 Å². The van der Waals surface area contributed by atoms with E-state index in [1.54, 1.807) is 6.20 Å². The maximum atomic E-state index is 9.29. The molecular formula is C20H23N5O. The van der Waals surface area contributed by atoms with Crippen molar-refractivity contribution in [2.24, 2.45) is 0 Å². The van der Waals surface area contributed by atoms with Crippen LogP contribution in [0.15, 0.2) is 54.7 Å². The number of aliphatic hydroxyl groups is 1. The van der Waals surface area contributed by atoms with Crippen molar-refractivity contribution in [3.05, 3.63) is 65.9 Å². The lowest BCUT2D eigenvalue weighted by molar-refractivity contribution is 0.281. The highest BCUT2D eigenvalue weighted by Crippen LogP contribution is 2.20. The normalized spacial score (nSPS) is 11.8. The minimum Gasteiger partial charge on any atom is -0.394 e. The molecule has 3 rings (SSSR count). The number of pyridine rings is 1. The van der Waals surface area contributed by atoms with Crippen LogP contribution < -0.4 is 10.6 Å². The van der Waals surface area contributed by atoms with Gasteiger partial charge in [-0.3, -0.25) is 4.98 Å². The van der Waals surface area contributed by atoms with E-state index in [1.165, 1.54) is 11.1 Å². The zero-order valence-electron chi connectivity index (χ0n) is 15.0. The van der Waals surface area contributed by atoms with Crippen LogP contribution in [0.5, 0.6) is 0 Å². The highest BCUT2D eigenvalue weighted by atomic mass is 16.3. The Balaban J connectivity index is 1.88. The van der Waals surface area contributed by atoms with Crippen LogP contribution in [0.25, 0.3) is 11.4 Å². The molecule has 0 fully saturated rings. The molecule has 0 aliphatic rings. The molecule has 134 valence electrons. The molecule has 0 amide bonds. The predicted octanol–water partition coefficient (Wildman–Crippen LogP) is 3.25. The third kappa shape index (κ3) is 4.55. The Hall–Kier alpha value is -2.99. The van der Waals surface area contributed by atoms with Gasteiger partial charge in [0.05, 0.1) is 18.0 Å². The van der Waals surface area contributed by atoms with E-state index in [9.17, 15) is 5.11 Å². The third-order valence-corrected chi connectivity index (χ3v) is 4.02. The highest BCUT2D eigenvalue weighted by Gasteiger charge is 2.10. The van der Waals surface area contributed by atoms with E-state index in [0.717, 1.165) is 11.4 Å². The standard InChI is InChI=1S/C20H23N5O/c1-14-7-3-4-8-16(14)12-22-19-11-18(17-9-5-6-10-21-17)24-20(25-19)23-15(2)13-26/h3-11,15,26H,12-13H2,1-2H3,(H2,22,23,24,25)/t15-/m1/s1. The average Bonchev–Trinajstić information content (AvgIpc) is 2.68. The number of nitrogens with one attached hydrogen (secondary N) is 2. The van der Waals surface area contributed by atoms with Crippen LogP contribution >= 0.6 is 0 Å². The molecule has 3 N–H and O–H groups in total. The van der Waals surface area contributed by atoms with E-state index in [-0.39, 0.29) is 12.6 Å². The highest BCUT2D eigenvalue weighted by molar-refractivity contribution is 5.61. The lowest BCUT2D eigenvalue weighted by Crippen LogP contribution is -2.21. The Labute approximate surface area is 153 Å². The first-order valence-electron chi connectivity index (χ1n) is 8.62. The molecule has 1 atom stereocenters. The number of hydrogen-bond donors (Lipinski definition) is 3. The maximum absolute atomic E-state index is 9.29. The van der Waals surface area contributed by atoms with Crippen molar-refractivity contribution in [3.8, 4) is 11.4 Å². The van der Waals surface area contributed by atoms with Gasteiger partial charge in [0, 0.05) is 24.8 Å². The van der Waals surface area contributed by atoms with Crippen molar-refractivity contribution >= 4 is 11.8 Å². The molecule has 6 nitrogen and oxygen atoms in total. The van der Waals surface area contributed by atoms with E-state index < -0.39 is 0 Å². The number of aliphatic hydroxyl groups excluding tert-OH is 1. The number of nitrogens with zero attached hydrogens (tertiary/aromatic N) is 3. The van der Waals surface area contributed by atoms with Gasteiger partial charge in [-0.05, 0) is 37.1 Å². The number of benzene rings is 1. The smallest absolute Gasteiger partial charge is 0.225 e. The number of aromatic nitrogens is 3. The molecule has 26 heavy (non-hydrogen) atoms. The Morgan fingerprint density at radius 1 is 1.04 bits per heavy atom. The Morgan fingerprint density at radius 2 is 1.85 bits per heavy atom. The zero-order valence-corrected chi connectivity index (χ0v) is 15.0. The second-order valence-corrected chi connectivity index (χ2v) is 6.19. The van der Waals surface area contributed by atoms with Gasteiger partial charge in [0.1, 0.15) is 5.82 Å². The zero-order chi connectivity index (χ0) is 18.4. The fraction of sp³-hybridized carbons (Fsp3) is 0.250. The molecule has 0 radical (unpaired) electrons. The fourth-order valence-corrected chi connectivity index (χ4v) is 2.51. The van der Waals surface area contributed by atoms with Gasteiger partial charge in [-0.15, -0.1) is 0 Å². The topological polar surface area (TPSA) is 83.0 Å². The summed E-state index contributed by atoms with van der Waals surface area (Å²) in [5.41, 5.74) is 3.93. The first kappa shape index (κ1) is 17.8. The quantitative estimate of drug-likeness (QED) is 0.607. The fourth-order valence-electron chi connectivity index (χ4n) is 2.51. The van der Waals surface area contributed by atoms with Crippen LogP contribution in [0.2, 0.25) is 0 Å². The maximum Gasteiger partial charge on any atom is 0.225 e. The molecule has 0 saturated heterocycles. The first-order chi connectivity index (χ1) is 12.7. The van der Waals surface area contributed by atoms with E-state index in [1.807, 2.05) is 43.3 Å². The van der Waals surface area contributed by atoms with Gasteiger partial charge in [0.2, 0.25) is 5.95 Å². The van der Waals surface area contributed by atoms with E-state index in [0.29, 0.717) is 18.3 Å². The van der Waals surface area contributed by atoms with Crippen LogP contribution in [0.4, 0.5) is 11.8 Å². The van der Waals surface area contributed by atoms with Gasteiger partial charge in [0.15, 0.2) is 0 Å². The summed E-state index contributed by atoms with van der Waals surface area (Å²) >= 11 is 0. The van der Waals surface area contributed by atoms with Crippen LogP contribution in [0.1, 0.15) is 18.1 Å². The summed E-state index contributed by atoms with van der Waals surface area (Å²) in [4.78, 5) is 13.4. The lowest BCUT2D eigenvalue weighted by atomic mass is 10.1. The summed E-state index contributed by atoms with van der Waals surface area (Å²) in [5, 5.41) is 15.8. The molecule has 1 aromatic carbocycles. The van der Waals surface area contributed by atoms with E-state index in [2.05, 4.69) is 44.6 Å². The Bertz CT molecular complexity index is 854. The van der Waals surface area contributed by atoms with E-state index in [4.69, 9.17) is 0 Å². The molecule has 0 bridgehead atoms. The first-order valence-corrected chi connectivity index (χ1v) is 8.62. The van der Waals surface area contributed by atoms with Gasteiger partial charge in [-0.1, -0.05) is 30.3 Å². The van der Waals surface area contributed by atoms with Crippen LogP contribution in [0.3, 0.4) is 0 Å². The van der Waals surface area contributed by atoms with Crippen molar-refractivity contribution in [2.45, 2.75) is 26.4 Å². The number of aryl methyl sites for hydroxylation is 1. The van der Waals surface area contributed by atoms with Crippen LogP contribution in [-0.4, -0.2) is 32.7 Å². The summed E-state index contributed by atoms with van der Waals surface area (Å²) in [6.45, 7) is 4.63. The molecule has 6 heteroatoms. The monoisotopic (exact) mass is 349 g/mol. The van der Waals surface area contributed by atoms with Crippen molar-refractivity contribution in [1.82, 2.24) is 15.0 Å². The van der Waals surface area contributed by atoms with Gasteiger partial charge in [0.25, 0.3) is 0 Å². The van der Waals surface area contributed by atoms with Crippen molar-refractivity contribution in [3.63, 3.8) is 0 Å². The van der Waals surface area contributed by atoms with Crippen molar-refractivity contribution < 1.29 is 5.11 Å². The minimum atomic E-state index is -0.141. The third-order valence-electron chi connectivity index (χ3n) is 4.02. The summed E-state index contributed by atoms with van der Waals surface area (Å²) in [7, 11) is 0. The summed E-state index contributed by atoms with van der Waals surface area (Å²) in [5.74, 6) is 1.17. The summed E-state index contributed by atoms with van der Waals surface area (Å²) < 4.78 is 0. The van der Waals surface area contributed by atoms with Crippen LogP contribution in [-0.2, 0) is 6.54 Å². The Kier molecular flexibility index (Phi) is 5.76. The van der Waals surface area contributed by atoms with Gasteiger partial charge in [-0.25, -0.2) is 4.98 Å². The Morgan fingerprint density at radius 3 is 2.58 bits per heavy atom. The van der Waals surface area contributed by atoms with Gasteiger partial charge >= 0.3 is 0 Å². The van der Waals surface area contributed by atoms with Crippen LogP contribution in [0, 0.1) is 6.92 Å². The average molecular weight is 349 g/mol. The molecule has 0 spiro atoms. The number of hydrogen-bond acceptors (Lipinski definition) is 6. The molecular weight excluding hydrogens is 326 g/mol. The predicted molar refractivity (Wildman–Crippen MR) is 104 cm³/mol. The van der Waals surface area contributed by atoms with Gasteiger partial charge < -0.3 is 15.7 Å². The lowest BCUT2D eigenvalue weighted by Gasteiger charge is -2.14.